The quantitative estimate of drug-likeness (QED) is 0.593. The molecule has 0 spiro atoms. The summed E-state index contributed by atoms with van der Waals surface area (Å²) in [5.41, 5.74) is 2.87. The van der Waals surface area contributed by atoms with Crippen molar-refractivity contribution in [3.8, 4) is 0 Å². The van der Waals surface area contributed by atoms with Crippen molar-refractivity contribution in [1.29, 1.82) is 0 Å². The lowest BCUT2D eigenvalue weighted by atomic mass is 10.0. The summed E-state index contributed by atoms with van der Waals surface area (Å²) < 4.78 is 0. The van der Waals surface area contributed by atoms with Crippen molar-refractivity contribution in [1.82, 2.24) is 0 Å². The third-order valence-electron chi connectivity index (χ3n) is 2.62. The predicted octanol–water partition coefficient (Wildman–Crippen LogP) is 4.17. The summed E-state index contributed by atoms with van der Waals surface area (Å²) in [6.07, 6.45) is 3.44. The first-order valence-electron chi connectivity index (χ1n) is 5.73. The number of rotatable bonds is 4. The highest BCUT2D eigenvalue weighted by molar-refractivity contribution is 6.30. The second kappa shape index (κ2) is 6.18. The molecule has 2 aromatic carbocycles. The van der Waals surface area contributed by atoms with E-state index in [9.17, 15) is 4.79 Å². The third-order valence-corrected chi connectivity index (χ3v) is 2.88. The lowest BCUT2D eigenvalue weighted by Crippen LogP contribution is -1.91. The van der Waals surface area contributed by atoms with Gasteiger partial charge in [0.25, 0.3) is 0 Å². The summed E-state index contributed by atoms with van der Waals surface area (Å²) in [4.78, 5) is 11.1. The molecular weight excluding hydrogens is 244 g/mol. The molecule has 0 unspecified atom stereocenters. The Balaban J connectivity index is 2.18. The van der Waals surface area contributed by atoms with Crippen LogP contribution >= 0.6 is 11.6 Å². The van der Waals surface area contributed by atoms with Crippen LogP contribution in [0.25, 0.3) is 6.08 Å². The molecule has 18 heavy (non-hydrogen) atoms. The number of carbonyl (C=O) groups is 1. The first-order valence-corrected chi connectivity index (χ1v) is 6.11. The highest BCUT2D eigenvalue weighted by Gasteiger charge is 1.99. The zero-order valence-corrected chi connectivity index (χ0v) is 10.6. The molecule has 1 nitrogen and oxygen atoms in total. The molecule has 2 heteroatoms. The van der Waals surface area contributed by atoms with Crippen LogP contribution in [0.1, 0.15) is 11.1 Å². The van der Waals surface area contributed by atoms with Gasteiger partial charge in [0, 0.05) is 11.4 Å². The van der Waals surface area contributed by atoms with Gasteiger partial charge in [0.05, 0.1) is 0 Å². The number of benzene rings is 2. The minimum atomic E-state index is 0.646. The molecule has 0 fully saturated rings. The van der Waals surface area contributed by atoms with Crippen LogP contribution in [0, 0.1) is 0 Å². The Morgan fingerprint density at radius 1 is 1.00 bits per heavy atom. The molecule has 0 radical (unpaired) electrons. The van der Waals surface area contributed by atoms with Gasteiger partial charge in [-0.25, -0.2) is 0 Å². The summed E-state index contributed by atoms with van der Waals surface area (Å²) in [6.45, 7) is 0. The molecule has 0 N–H and O–H groups in total. The number of allylic oxidation sites excluding steroid dienone is 1. The van der Waals surface area contributed by atoms with Crippen LogP contribution in [0.4, 0.5) is 0 Å². The Labute approximate surface area is 112 Å². The molecule has 2 rings (SSSR count). The molecule has 0 aliphatic heterocycles. The van der Waals surface area contributed by atoms with Crippen molar-refractivity contribution < 1.29 is 4.79 Å². The number of hydrogen-bond acceptors (Lipinski definition) is 1. The standard InChI is InChI=1S/C16H13ClO/c17-16-8-6-14(7-9-16)11-15(12-18)10-13-4-2-1-3-5-13/h1-9,11-12H,10H2/b15-11+. The van der Waals surface area contributed by atoms with E-state index in [1.54, 1.807) is 0 Å². The van der Waals surface area contributed by atoms with Gasteiger partial charge < -0.3 is 0 Å². The van der Waals surface area contributed by atoms with Gasteiger partial charge >= 0.3 is 0 Å². The minimum absolute atomic E-state index is 0.646. The zero-order valence-electron chi connectivity index (χ0n) is 9.84. The lowest BCUT2D eigenvalue weighted by molar-refractivity contribution is -0.104. The van der Waals surface area contributed by atoms with Crippen LogP contribution in [0.3, 0.4) is 0 Å². The SMILES string of the molecule is O=C/C(=C/c1ccc(Cl)cc1)Cc1ccccc1. The van der Waals surface area contributed by atoms with Crippen molar-refractivity contribution in [2.75, 3.05) is 0 Å². The van der Waals surface area contributed by atoms with Gasteiger partial charge in [0.2, 0.25) is 0 Å². The van der Waals surface area contributed by atoms with Gasteiger partial charge in [-0.1, -0.05) is 54.1 Å². The van der Waals surface area contributed by atoms with Crippen LogP contribution in [0.15, 0.2) is 60.2 Å². The van der Waals surface area contributed by atoms with Crippen LogP contribution in [-0.2, 0) is 11.2 Å². The molecule has 0 aliphatic carbocycles. The van der Waals surface area contributed by atoms with Gasteiger partial charge in [-0.05, 0) is 34.9 Å². The molecule has 2 aromatic rings. The van der Waals surface area contributed by atoms with E-state index >= 15 is 0 Å². The van der Waals surface area contributed by atoms with Gasteiger partial charge in [0.15, 0.2) is 0 Å². The van der Waals surface area contributed by atoms with E-state index in [2.05, 4.69) is 0 Å². The highest BCUT2D eigenvalue weighted by atomic mass is 35.5. The van der Waals surface area contributed by atoms with Gasteiger partial charge in [-0.15, -0.1) is 0 Å². The maximum Gasteiger partial charge on any atom is 0.146 e. The third kappa shape index (κ3) is 3.57. The first kappa shape index (κ1) is 12.6. The van der Waals surface area contributed by atoms with E-state index in [0.29, 0.717) is 11.4 Å². The molecule has 0 saturated heterocycles. The number of halogens is 1. The van der Waals surface area contributed by atoms with E-state index in [0.717, 1.165) is 23.0 Å². The van der Waals surface area contributed by atoms with Gasteiger partial charge in [0.1, 0.15) is 6.29 Å². The van der Waals surface area contributed by atoms with E-state index in [-0.39, 0.29) is 0 Å². The molecular formula is C16H13ClO. The predicted molar refractivity (Wildman–Crippen MR) is 75.6 cm³/mol. The summed E-state index contributed by atoms with van der Waals surface area (Å²) in [5.74, 6) is 0. The minimum Gasteiger partial charge on any atom is -0.298 e. The Morgan fingerprint density at radius 3 is 2.28 bits per heavy atom. The normalized spacial score (nSPS) is 11.3. The fourth-order valence-corrected chi connectivity index (χ4v) is 1.86. The molecule has 0 aromatic heterocycles. The molecule has 0 heterocycles. The second-order valence-electron chi connectivity index (χ2n) is 4.05. The van der Waals surface area contributed by atoms with Crippen molar-refractivity contribution in [3.63, 3.8) is 0 Å². The Kier molecular flexibility index (Phi) is 4.32. The van der Waals surface area contributed by atoms with Crippen molar-refractivity contribution in [2.45, 2.75) is 6.42 Å². The average molecular weight is 257 g/mol. The average Bonchev–Trinajstić information content (AvgIpc) is 2.41. The largest absolute Gasteiger partial charge is 0.298 e. The fraction of sp³-hybridized carbons (Fsp3) is 0.0625. The summed E-state index contributed by atoms with van der Waals surface area (Å²) in [6, 6.07) is 17.4. The van der Waals surface area contributed by atoms with E-state index in [1.807, 2.05) is 60.7 Å². The smallest absolute Gasteiger partial charge is 0.146 e. The maximum absolute atomic E-state index is 11.1. The van der Waals surface area contributed by atoms with Crippen LogP contribution in [0.2, 0.25) is 5.02 Å². The number of aldehydes is 1. The zero-order chi connectivity index (χ0) is 12.8. The maximum atomic E-state index is 11.1. The Hall–Kier alpha value is -1.86. The van der Waals surface area contributed by atoms with Crippen LogP contribution in [0.5, 0.6) is 0 Å². The number of hydrogen-bond donors (Lipinski definition) is 0. The van der Waals surface area contributed by atoms with E-state index in [4.69, 9.17) is 11.6 Å². The summed E-state index contributed by atoms with van der Waals surface area (Å²) >= 11 is 5.82. The van der Waals surface area contributed by atoms with E-state index in [1.165, 1.54) is 0 Å². The Morgan fingerprint density at radius 2 is 1.67 bits per heavy atom. The highest BCUT2D eigenvalue weighted by Crippen LogP contribution is 2.14. The fourth-order valence-electron chi connectivity index (χ4n) is 1.73. The van der Waals surface area contributed by atoms with Gasteiger partial charge in [-0.2, -0.15) is 0 Å². The van der Waals surface area contributed by atoms with Crippen molar-refractivity contribution in [2.24, 2.45) is 0 Å². The van der Waals surface area contributed by atoms with Gasteiger partial charge in [-0.3, -0.25) is 4.79 Å². The Bertz CT molecular complexity index is 541. The molecule has 90 valence electrons. The monoisotopic (exact) mass is 256 g/mol. The molecule has 0 atom stereocenters. The van der Waals surface area contributed by atoms with Crippen LogP contribution < -0.4 is 0 Å². The molecule has 0 amide bonds. The first-order chi connectivity index (χ1) is 8.78. The lowest BCUT2D eigenvalue weighted by Gasteiger charge is -2.01. The van der Waals surface area contributed by atoms with Crippen molar-refractivity contribution in [3.05, 3.63) is 76.3 Å². The summed E-state index contributed by atoms with van der Waals surface area (Å²) in [5, 5.41) is 0.697. The molecule has 0 aliphatic rings. The summed E-state index contributed by atoms with van der Waals surface area (Å²) in [7, 11) is 0. The van der Waals surface area contributed by atoms with Crippen LogP contribution in [-0.4, -0.2) is 6.29 Å². The van der Waals surface area contributed by atoms with Crippen molar-refractivity contribution >= 4 is 24.0 Å². The number of carbonyl (C=O) groups excluding carboxylic acids is 1. The second-order valence-corrected chi connectivity index (χ2v) is 4.49. The topological polar surface area (TPSA) is 17.1 Å². The molecule has 0 bridgehead atoms. The van der Waals surface area contributed by atoms with E-state index < -0.39 is 0 Å². The molecule has 0 saturated carbocycles.